The quantitative estimate of drug-likeness (QED) is 0.827. The zero-order valence-corrected chi connectivity index (χ0v) is 9.97. The van der Waals surface area contributed by atoms with Crippen LogP contribution in [0, 0.1) is 0 Å². The van der Waals surface area contributed by atoms with Gasteiger partial charge in [-0.15, -0.1) is 0 Å². The fourth-order valence-corrected chi connectivity index (χ4v) is 2.21. The largest absolute Gasteiger partial charge is 0.396 e. The summed E-state index contributed by atoms with van der Waals surface area (Å²) in [6.07, 6.45) is 2.53. The molecule has 1 unspecified atom stereocenters. The Labute approximate surface area is 102 Å². The first-order chi connectivity index (χ1) is 8.31. The van der Waals surface area contributed by atoms with Gasteiger partial charge in [0.2, 0.25) is 0 Å². The molecule has 17 heavy (non-hydrogen) atoms. The third-order valence-corrected chi connectivity index (χ3v) is 3.10. The van der Waals surface area contributed by atoms with Gasteiger partial charge in [-0.3, -0.25) is 0 Å². The van der Waals surface area contributed by atoms with E-state index in [1.165, 1.54) is 16.3 Å². The second kappa shape index (κ2) is 5.80. The molecule has 1 atom stereocenters. The zero-order valence-electron chi connectivity index (χ0n) is 9.97. The van der Waals surface area contributed by atoms with Crippen LogP contribution in [0.15, 0.2) is 42.5 Å². The highest BCUT2D eigenvalue weighted by atomic mass is 16.2. The van der Waals surface area contributed by atoms with E-state index in [0.29, 0.717) is 0 Å². The standard InChI is InChI=1S/C15H19NO/c16-14(8-4-10-17)11-13-7-3-6-12-5-1-2-9-15(12)13/h1-3,5-7,9,14,17H,4,8,10-11,16H2. The number of hydrogen-bond acceptors (Lipinski definition) is 2. The molecule has 3 N–H and O–H groups in total. The van der Waals surface area contributed by atoms with Gasteiger partial charge in [-0.1, -0.05) is 42.5 Å². The fourth-order valence-electron chi connectivity index (χ4n) is 2.21. The van der Waals surface area contributed by atoms with Crippen LogP contribution in [0.1, 0.15) is 18.4 Å². The summed E-state index contributed by atoms with van der Waals surface area (Å²) in [6, 6.07) is 14.9. The van der Waals surface area contributed by atoms with E-state index in [9.17, 15) is 0 Å². The topological polar surface area (TPSA) is 46.2 Å². The molecule has 2 aromatic carbocycles. The number of fused-ring (bicyclic) bond motifs is 1. The van der Waals surface area contributed by atoms with Crippen LogP contribution in [0.25, 0.3) is 10.8 Å². The predicted octanol–water partition coefficient (Wildman–Crippen LogP) is 2.48. The van der Waals surface area contributed by atoms with Crippen LogP contribution in [0.5, 0.6) is 0 Å². The summed E-state index contributed by atoms with van der Waals surface area (Å²) in [5, 5.41) is 11.3. The summed E-state index contributed by atoms with van der Waals surface area (Å²) in [5.41, 5.74) is 7.37. The number of nitrogens with two attached hydrogens (primary N) is 1. The van der Waals surface area contributed by atoms with E-state index in [2.05, 4.69) is 42.5 Å². The van der Waals surface area contributed by atoms with Crippen LogP contribution in [-0.2, 0) is 6.42 Å². The molecule has 2 aromatic rings. The van der Waals surface area contributed by atoms with Gasteiger partial charge in [0.1, 0.15) is 0 Å². The smallest absolute Gasteiger partial charge is 0.0431 e. The average molecular weight is 229 g/mol. The molecule has 0 amide bonds. The number of benzene rings is 2. The second-order valence-corrected chi connectivity index (χ2v) is 4.47. The van der Waals surface area contributed by atoms with Crippen LogP contribution in [-0.4, -0.2) is 17.8 Å². The Morgan fingerprint density at radius 1 is 1.06 bits per heavy atom. The monoisotopic (exact) mass is 229 g/mol. The van der Waals surface area contributed by atoms with Gasteiger partial charge in [0.25, 0.3) is 0 Å². The van der Waals surface area contributed by atoms with Crippen molar-refractivity contribution in [2.75, 3.05) is 6.61 Å². The molecule has 0 spiro atoms. The minimum absolute atomic E-state index is 0.132. The molecular weight excluding hydrogens is 210 g/mol. The maximum atomic E-state index is 8.80. The van der Waals surface area contributed by atoms with Crippen molar-refractivity contribution in [3.8, 4) is 0 Å². The summed E-state index contributed by atoms with van der Waals surface area (Å²) in [5.74, 6) is 0. The van der Waals surface area contributed by atoms with Crippen LogP contribution in [0.3, 0.4) is 0 Å². The maximum Gasteiger partial charge on any atom is 0.0431 e. The molecule has 0 aliphatic carbocycles. The molecule has 0 aliphatic heterocycles. The first-order valence-corrected chi connectivity index (χ1v) is 6.14. The molecule has 2 nitrogen and oxygen atoms in total. The first-order valence-electron chi connectivity index (χ1n) is 6.14. The van der Waals surface area contributed by atoms with E-state index in [4.69, 9.17) is 10.8 Å². The van der Waals surface area contributed by atoms with E-state index >= 15 is 0 Å². The van der Waals surface area contributed by atoms with Gasteiger partial charge in [-0.05, 0) is 35.6 Å². The Morgan fingerprint density at radius 2 is 1.82 bits per heavy atom. The molecule has 0 fully saturated rings. The summed E-state index contributed by atoms with van der Waals surface area (Å²) < 4.78 is 0. The lowest BCUT2D eigenvalue weighted by Crippen LogP contribution is -2.23. The predicted molar refractivity (Wildman–Crippen MR) is 71.9 cm³/mol. The Bertz CT molecular complexity index is 476. The fraction of sp³-hybridized carbons (Fsp3) is 0.333. The van der Waals surface area contributed by atoms with Crippen molar-refractivity contribution in [3.63, 3.8) is 0 Å². The van der Waals surface area contributed by atoms with Crippen molar-refractivity contribution < 1.29 is 5.11 Å². The Balaban J connectivity index is 2.18. The summed E-state index contributed by atoms with van der Waals surface area (Å²) in [4.78, 5) is 0. The summed E-state index contributed by atoms with van der Waals surface area (Å²) in [7, 11) is 0. The SMILES string of the molecule is NC(CCCO)Cc1cccc2ccccc12. The Morgan fingerprint density at radius 3 is 2.65 bits per heavy atom. The van der Waals surface area contributed by atoms with Gasteiger partial charge in [0, 0.05) is 12.6 Å². The van der Waals surface area contributed by atoms with Crippen molar-refractivity contribution in [3.05, 3.63) is 48.0 Å². The minimum Gasteiger partial charge on any atom is -0.396 e. The highest BCUT2D eigenvalue weighted by molar-refractivity contribution is 5.85. The van der Waals surface area contributed by atoms with Gasteiger partial charge in [-0.2, -0.15) is 0 Å². The molecule has 0 radical (unpaired) electrons. The van der Waals surface area contributed by atoms with Crippen molar-refractivity contribution in [2.45, 2.75) is 25.3 Å². The van der Waals surface area contributed by atoms with Crippen LogP contribution in [0.4, 0.5) is 0 Å². The molecular formula is C15H19NO. The molecule has 2 heteroatoms. The lowest BCUT2D eigenvalue weighted by atomic mass is 9.97. The van der Waals surface area contributed by atoms with Crippen LogP contribution in [0.2, 0.25) is 0 Å². The minimum atomic E-state index is 0.132. The number of hydrogen-bond donors (Lipinski definition) is 2. The van der Waals surface area contributed by atoms with E-state index in [-0.39, 0.29) is 12.6 Å². The molecule has 0 saturated heterocycles. The van der Waals surface area contributed by atoms with Crippen molar-refractivity contribution in [1.29, 1.82) is 0 Å². The van der Waals surface area contributed by atoms with E-state index < -0.39 is 0 Å². The van der Waals surface area contributed by atoms with Gasteiger partial charge in [-0.25, -0.2) is 0 Å². The second-order valence-electron chi connectivity index (χ2n) is 4.47. The molecule has 0 heterocycles. The molecule has 0 aromatic heterocycles. The summed E-state index contributed by atoms with van der Waals surface area (Å²) in [6.45, 7) is 0.225. The molecule has 0 bridgehead atoms. The van der Waals surface area contributed by atoms with E-state index in [0.717, 1.165) is 19.3 Å². The maximum absolute atomic E-state index is 8.80. The number of aliphatic hydroxyl groups excluding tert-OH is 1. The van der Waals surface area contributed by atoms with Crippen LogP contribution < -0.4 is 5.73 Å². The van der Waals surface area contributed by atoms with E-state index in [1.807, 2.05) is 0 Å². The van der Waals surface area contributed by atoms with Gasteiger partial charge in [0.15, 0.2) is 0 Å². The summed E-state index contributed by atoms with van der Waals surface area (Å²) >= 11 is 0. The third kappa shape index (κ3) is 3.05. The Kier molecular flexibility index (Phi) is 4.13. The van der Waals surface area contributed by atoms with Crippen molar-refractivity contribution in [2.24, 2.45) is 5.73 Å². The number of rotatable bonds is 5. The van der Waals surface area contributed by atoms with Crippen LogP contribution >= 0.6 is 0 Å². The van der Waals surface area contributed by atoms with Crippen molar-refractivity contribution in [1.82, 2.24) is 0 Å². The normalized spacial score (nSPS) is 12.8. The highest BCUT2D eigenvalue weighted by Crippen LogP contribution is 2.20. The number of aliphatic hydroxyl groups is 1. The van der Waals surface area contributed by atoms with Gasteiger partial charge in [0.05, 0.1) is 0 Å². The van der Waals surface area contributed by atoms with Crippen molar-refractivity contribution >= 4 is 10.8 Å². The molecule has 90 valence electrons. The molecule has 0 aliphatic rings. The zero-order chi connectivity index (χ0) is 12.1. The van der Waals surface area contributed by atoms with E-state index in [1.54, 1.807) is 0 Å². The first kappa shape index (κ1) is 12.1. The lowest BCUT2D eigenvalue weighted by Gasteiger charge is -2.12. The highest BCUT2D eigenvalue weighted by Gasteiger charge is 2.06. The average Bonchev–Trinajstić information content (AvgIpc) is 2.37. The molecule has 0 saturated carbocycles. The third-order valence-electron chi connectivity index (χ3n) is 3.10. The van der Waals surface area contributed by atoms with Gasteiger partial charge < -0.3 is 10.8 Å². The molecule has 2 rings (SSSR count). The van der Waals surface area contributed by atoms with Gasteiger partial charge >= 0.3 is 0 Å². The Hall–Kier alpha value is -1.38. The lowest BCUT2D eigenvalue weighted by molar-refractivity contribution is 0.279.